The number of aromatic nitrogens is 8. The average Bonchev–Trinajstić information content (AvgIpc) is 3.46. The Labute approximate surface area is 156 Å². The Kier molecular flexibility index (Phi) is 2.90. The summed E-state index contributed by atoms with van der Waals surface area (Å²) >= 11 is 0. The summed E-state index contributed by atoms with van der Waals surface area (Å²) in [5.74, 6) is 0.0996. The second-order valence-electron chi connectivity index (χ2n) is 6.30. The molecule has 0 spiro atoms. The van der Waals surface area contributed by atoms with Crippen LogP contribution in [-0.2, 0) is 0 Å². The predicted molar refractivity (Wildman–Crippen MR) is 99.6 cm³/mol. The van der Waals surface area contributed by atoms with Gasteiger partial charge in [-0.15, -0.1) is 15.3 Å². The minimum atomic E-state index is -0.400. The highest BCUT2D eigenvalue weighted by atomic mass is 19.1. The third-order valence-electron chi connectivity index (χ3n) is 4.77. The summed E-state index contributed by atoms with van der Waals surface area (Å²) in [4.78, 5) is 4.29. The first-order valence-electron chi connectivity index (χ1n) is 8.57. The van der Waals surface area contributed by atoms with Crippen molar-refractivity contribution in [1.29, 1.82) is 0 Å². The Bertz CT molecular complexity index is 1490. The molecule has 0 atom stereocenters. The van der Waals surface area contributed by atoms with Crippen molar-refractivity contribution in [2.24, 2.45) is 0 Å². The molecule has 0 unspecified atom stereocenters. The summed E-state index contributed by atoms with van der Waals surface area (Å²) in [5, 5.41) is 17.7. The van der Waals surface area contributed by atoms with Crippen molar-refractivity contribution < 1.29 is 4.39 Å². The molecule has 4 aromatic heterocycles. The van der Waals surface area contributed by atoms with Gasteiger partial charge in [0.2, 0.25) is 0 Å². The van der Waals surface area contributed by atoms with E-state index in [0.717, 1.165) is 16.6 Å². The van der Waals surface area contributed by atoms with Crippen LogP contribution in [0.15, 0.2) is 67.3 Å². The first-order valence-corrected chi connectivity index (χ1v) is 8.57. The zero-order valence-corrected chi connectivity index (χ0v) is 14.3. The van der Waals surface area contributed by atoms with E-state index in [9.17, 15) is 4.39 Å². The zero-order chi connectivity index (χ0) is 18.7. The van der Waals surface area contributed by atoms with Crippen LogP contribution in [-0.4, -0.2) is 39.0 Å². The molecule has 4 heterocycles. The molecular formula is C19H11FN8. The lowest BCUT2D eigenvalue weighted by molar-refractivity contribution is 0.607. The number of fused-ring (bicyclic) bond motifs is 6. The highest BCUT2D eigenvalue weighted by molar-refractivity contribution is 5.94. The van der Waals surface area contributed by atoms with Gasteiger partial charge in [0.25, 0.3) is 0 Å². The maximum Gasteiger partial charge on any atom is 0.190 e. The van der Waals surface area contributed by atoms with Gasteiger partial charge in [-0.25, -0.2) is 14.1 Å². The summed E-state index contributed by atoms with van der Waals surface area (Å²) in [6.45, 7) is 0. The van der Waals surface area contributed by atoms with Crippen molar-refractivity contribution in [2.75, 3.05) is 0 Å². The predicted octanol–water partition coefficient (Wildman–Crippen LogP) is 2.92. The van der Waals surface area contributed by atoms with Crippen LogP contribution in [0.3, 0.4) is 0 Å². The van der Waals surface area contributed by atoms with Gasteiger partial charge in [0.1, 0.15) is 29.2 Å². The zero-order valence-electron chi connectivity index (χ0n) is 14.3. The van der Waals surface area contributed by atoms with Crippen molar-refractivity contribution in [1.82, 2.24) is 39.0 Å². The second-order valence-corrected chi connectivity index (χ2v) is 6.30. The third-order valence-corrected chi connectivity index (χ3v) is 4.77. The molecule has 0 saturated carbocycles. The molecule has 6 aromatic rings. The molecule has 0 aliphatic rings. The summed E-state index contributed by atoms with van der Waals surface area (Å²) in [5.41, 5.74) is 3.25. The fourth-order valence-electron chi connectivity index (χ4n) is 3.54. The van der Waals surface area contributed by atoms with E-state index >= 15 is 0 Å². The van der Waals surface area contributed by atoms with Gasteiger partial charge in [0.15, 0.2) is 11.5 Å². The first kappa shape index (κ1) is 15.0. The molecular weight excluding hydrogens is 359 g/mol. The molecule has 134 valence electrons. The van der Waals surface area contributed by atoms with Crippen molar-refractivity contribution in [3.63, 3.8) is 0 Å². The fraction of sp³-hybridized carbons (Fsp3) is 0. The monoisotopic (exact) mass is 370 g/mol. The van der Waals surface area contributed by atoms with E-state index in [-0.39, 0.29) is 5.69 Å². The fourth-order valence-corrected chi connectivity index (χ4v) is 3.54. The Morgan fingerprint density at radius 2 is 1.75 bits per heavy atom. The van der Waals surface area contributed by atoms with Gasteiger partial charge in [-0.05, 0) is 24.3 Å². The highest BCUT2D eigenvalue weighted by Crippen LogP contribution is 2.28. The van der Waals surface area contributed by atoms with Gasteiger partial charge >= 0.3 is 0 Å². The lowest BCUT2D eigenvalue weighted by atomic mass is 10.2. The lowest BCUT2D eigenvalue weighted by Gasteiger charge is -2.08. The van der Waals surface area contributed by atoms with Crippen LogP contribution in [0.1, 0.15) is 0 Å². The topological polar surface area (TPSA) is 78.2 Å². The van der Waals surface area contributed by atoms with E-state index in [1.807, 2.05) is 33.1 Å². The molecule has 0 aliphatic carbocycles. The van der Waals surface area contributed by atoms with E-state index in [4.69, 9.17) is 0 Å². The quantitative estimate of drug-likeness (QED) is 0.468. The van der Waals surface area contributed by atoms with Crippen LogP contribution in [0.25, 0.3) is 39.4 Å². The SMILES string of the molecule is Fc1ccccc1-n1nncc1-c1nnc2c3ccccc3n3cncc3n12. The van der Waals surface area contributed by atoms with Crippen LogP contribution in [0.5, 0.6) is 0 Å². The standard InChI is InChI=1S/C19H11FN8/c20-13-6-2-4-8-15(13)28-16(9-22-25-28)19-24-23-18-12-5-1-3-7-14(12)26-11-21-10-17(26)27(18)19/h1-11H. The van der Waals surface area contributed by atoms with Gasteiger partial charge in [0.05, 0.1) is 17.9 Å². The number of hydrogen-bond acceptors (Lipinski definition) is 5. The highest BCUT2D eigenvalue weighted by Gasteiger charge is 2.20. The van der Waals surface area contributed by atoms with Gasteiger partial charge < -0.3 is 0 Å². The number of rotatable bonds is 2. The van der Waals surface area contributed by atoms with Crippen molar-refractivity contribution in [3.8, 4) is 17.2 Å². The molecule has 0 N–H and O–H groups in total. The number of hydrogen-bond donors (Lipinski definition) is 0. The molecule has 0 radical (unpaired) electrons. The van der Waals surface area contributed by atoms with Crippen LogP contribution in [0.4, 0.5) is 4.39 Å². The molecule has 9 heteroatoms. The van der Waals surface area contributed by atoms with Crippen LogP contribution >= 0.6 is 0 Å². The maximum atomic E-state index is 14.4. The summed E-state index contributed by atoms with van der Waals surface area (Å²) in [6, 6.07) is 14.3. The van der Waals surface area contributed by atoms with Crippen molar-refractivity contribution in [2.45, 2.75) is 0 Å². The number of benzene rings is 2. The summed E-state index contributed by atoms with van der Waals surface area (Å²) in [6.07, 6.45) is 5.03. The average molecular weight is 370 g/mol. The Balaban J connectivity index is 1.73. The molecule has 2 aromatic carbocycles. The Morgan fingerprint density at radius 1 is 0.893 bits per heavy atom. The summed E-state index contributed by atoms with van der Waals surface area (Å²) < 4.78 is 19.6. The molecule has 0 aliphatic heterocycles. The number of nitrogens with zero attached hydrogens (tertiary/aromatic N) is 8. The largest absolute Gasteiger partial charge is 0.284 e. The lowest BCUT2D eigenvalue weighted by Crippen LogP contribution is -2.05. The van der Waals surface area contributed by atoms with Gasteiger partial charge in [0, 0.05) is 5.39 Å². The summed E-state index contributed by atoms with van der Waals surface area (Å²) in [7, 11) is 0. The van der Waals surface area contributed by atoms with Crippen molar-refractivity contribution in [3.05, 3.63) is 73.1 Å². The van der Waals surface area contributed by atoms with Gasteiger partial charge in [-0.1, -0.05) is 29.5 Å². The van der Waals surface area contributed by atoms with Crippen LogP contribution < -0.4 is 0 Å². The van der Waals surface area contributed by atoms with E-state index in [0.29, 0.717) is 17.2 Å². The van der Waals surface area contributed by atoms with E-state index in [2.05, 4.69) is 25.5 Å². The number of para-hydroxylation sites is 2. The number of halogens is 1. The molecule has 0 fully saturated rings. The van der Waals surface area contributed by atoms with Crippen LogP contribution in [0, 0.1) is 5.82 Å². The van der Waals surface area contributed by atoms with E-state index < -0.39 is 5.82 Å². The molecule has 6 rings (SSSR count). The van der Waals surface area contributed by atoms with E-state index in [1.165, 1.54) is 10.7 Å². The Hall–Kier alpha value is -4.14. The molecule has 0 saturated heterocycles. The third kappa shape index (κ3) is 1.89. The first-order chi connectivity index (χ1) is 13.8. The normalized spacial score (nSPS) is 11.8. The minimum absolute atomic E-state index is 0.289. The smallest absolute Gasteiger partial charge is 0.190 e. The van der Waals surface area contributed by atoms with Gasteiger partial charge in [-0.2, -0.15) is 0 Å². The molecule has 0 bridgehead atoms. The maximum absolute atomic E-state index is 14.4. The van der Waals surface area contributed by atoms with Gasteiger partial charge in [-0.3, -0.25) is 8.80 Å². The van der Waals surface area contributed by atoms with E-state index in [1.54, 1.807) is 36.9 Å². The number of imidazole rings is 1. The molecule has 28 heavy (non-hydrogen) atoms. The van der Waals surface area contributed by atoms with Crippen molar-refractivity contribution >= 4 is 22.2 Å². The van der Waals surface area contributed by atoms with Crippen LogP contribution in [0.2, 0.25) is 0 Å². The Morgan fingerprint density at radius 3 is 2.68 bits per heavy atom. The molecule has 0 amide bonds. The minimum Gasteiger partial charge on any atom is -0.284 e. The second kappa shape index (κ2) is 5.43. The molecule has 8 nitrogen and oxygen atoms in total.